The Balaban J connectivity index is 2.28. The highest BCUT2D eigenvalue weighted by Gasteiger charge is 2.44. The number of aliphatic carboxylic acids is 1. The van der Waals surface area contributed by atoms with Crippen LogP contribution in [0.5, 0.6) is 0 Å². The van der Waals surface area contributed by atoms with E-state index in [1.54, 1.807) is 11.8 Å². The van der Waals surface area contributed by atoms with Crippen molar-refractivity contribution in [2.24, 2.45) is 5.41 Å². The zero-order chi connectivity index (χ0) is 13.3. The molecule has 1 saturated heterocycles. The van der Waals surface area contributed by atoms with Gasteiger partial charge >= 0.3 is 5.97 Å². The zero-order valence-corrected chi connectivity index (χ0v) is 10.5. The third-order valence-electron chi connectivity index (χ3n) is 3.73. The number of rotatable bonds is 3. The van der Waals surface area contributed by atoms with Crippen molar-refractivity contribution in [1.29, 1.82) is 0 Å². The summed E-state index contributed by atoms with van der Waals surface area (Å²) in [4.78, 5) is 20.7. The number of carbonyl (C=O) groups is 1. The number of carboxylic acid groups (broad SMARTS) is 1. The first-order valence-corrected chi connectivity index (χ1v) is 5.95. The Kier molecular flexibility index (Phi) is 3.19. The number of carboxylic acids is 1. The summed E-state index contributed by atoms with van der Waals surface area (Å²) < 4.78 is 13.9. The maximum Gasteiger partial charge on any atom is 0.311 e. The van der Waals surface area contributed by atoms with Crippen LogP contribution in [-0.4, -0.2) is 34.1 Å². The van der Waals surface area contributed by atoms with Gasteiger partial charge in [0, 0.05) is 13.1 Å². The molecule has 2 rings (SSSR count). The van der Waals surface area contributed by atoms with Crippen LogP contribution < -0.4 is 4.90 Å². The Labute approximate surface area is 105 Å². The number of nitrogens with zero attached hydrogens (tertiary/aromatic N) is 3. The van der Waals surface area contributed by atoms with E-state index in [9.17, 15) is 14.3 Å². The molecule has 1 aromatic heterocycles. The van der Waals surface area contributed by atoms with Crippen LogP contribution in [0.3, 0.4) is 0 Å². The Bertz CT molecular complexity index is 480. The molecule has 1 aliphatic rings. The van der Waals surface area contributed by atoms with Gasteiger partial charge in [0.05, 0.1) is 11.1 Å². The Morgan fingerprint density at radius 3 is 2.89 bits per heavy atom. The molecule has 5 nitrogen and oxygen atoms in total. The minimum atomic E-state index is -0.821. The van der Waals surface area contributed by atoms with E-state index >= 15 is 0 Å². The fourth-order valence-corrected chi connectivity index (χ4v) is 2.33. The first-order chi connectivity index (χ1) is 8.50. The van der Waals surface area contributed by atoms with Gasteiger partial charge in [-0.05, 0) is 19.8 Å². The molecule has 1 unspecified atom stereocenters. The number of halogens is 1. The molecule has 0 bridgehead atoms. The monoisotopic (exact) mass is 253 g/mol. The number of aromatic nitrogens is 2. The highest BCUT2D eigenvalue weighted by Crippen LogP contribution is 2.36. The van der Waals surface area contributed by atoms with E-state index in [-0.39, 0.29) is 11.5 Å². The third-order valence-corrected chi connectivity index (χ3v) is 3.73. The van der Waals surface area contributed by atoms with Gasteiger partial charge in [0.25, 0.3) is 0 Å². The van der Waals surface area contributed by atoms with E-state index in [0.717, 1.165) is 0 Å². The summed E-state index contributed by atoms with van der Waals surface area (Å²) in [6, 6.07) is 0. The number of anilines is 1. The first kappa shape index (κ1) is 12.7. The van der Waals surface area contributed by atoms with Crippen molar-refractivity contribution >= 4 is 11.8 Å². The summed E-state index contributed by atoms with van der Waals surface area (Å²) in [5.74, 6) is -1.08. The molecule has 1 atom stereocenters. The van der Waals surface area contributed by atoms with Gasteiger partial charge in [-0.15, -0.1) is 0 Å². The van der Waals surface area contributed by atoms with Gasteiger partial charge in [0.15, 0.2) is 11.6 Å². The minimum absolute atomic E-state index is 0.207. The SMILES string of the molecule is CCC1(C(=O)O)CCN(c2ncnc(C)c2F)C1. The van der Waals surface area contributed by atoms with Crippen molar-refractivity contribution in [3.05, 3.63) is 17.8 Å². The normalized spacial score (nSPS) is 23.4. The van der Waals surface area contributed by atoms with Gasteiger partial charge in [-0.25, -0.2) is 14.4 Å². The summed E-state index contributed by atoms with van der Waals surface area (Å²) >= 11 is 0. The largest absolute Gasteiger partial charge is 0.481 e. The number of hydrogen-bond acceptors (Lipinski definition) is 4. The second-order valence-corrected chi connectivity index (χ2v) is 4.71. The molecule has 1 fully saturated rings. The van der Waals surface area contributed by atoms with Gasteiger partial charge in [-0.2, -0.15) is 0 Å². The van der Waals surface area contributed by atoms with E-state index in [1.807, 2.05) is 6.92 Å². The van der Waals surface area contributed by atoms with Gasteiger partial charge in [0.1, 0.15) is 6.33 Å². The molecule has 1 N–H and O–H groups in total. The van der Waals surface area contributed by atoms with Crippen LogP contribution in [0.25, 0.3) is 0 Å². The van der Waals surface area contributed by atoms with Crippen LogP contribution in [0.1, 0.15) is 25.5 Å². The van der Waals surface area contributed by atoms with Gasteiger partial charge < -0.3 is 10.0 Å². The molecule has 0 amide bonds. The van der Waals surface area contributed by atoms with E-state index in [1.165, 1.54) is 6.33 Å². The average molecular weight is 253 g/mol. The fraction of sp³-hybridized carbons (Fsp3) is 0.583. The maximum absolute atomic E-state index is 13.9. The summed E-state index contributed by atoms with van der Waals surface area (Å²) in [5, 5.41) is 9.30. The molecule has 0 aromatic carbocycles. The number of hydrogen-bond donors (Lipinski definition) is 1. The Morgan fingerprint density at radius 1 is 1.61 bits per heavy atom. The van der Waals surface area contributed by atoms with Crippen LogP contribution in [0.4, 0.5) is 10.2 Å². The molecule has 1 aromatic rings. The molecule has 0 radical (unpaired) electrons. The van der Waals surface area contributed by atoms with Crippen LogP contribution in [0.15, 0.2) is 6.33 Å². The van der Waals surface area contributed by atoms with Crippen LogP contribution in [0.2, 0.25) is 0 Å². The third kappa shape index (κ3) is 1.91. The van der Waals surface area contributed by atoms with Gasteiger partial charge in [0.2, 0.25) is 0 Å². The lowest BCUT2D eigenvalue weighted by Gasteiger charge is -2.23. The van der Waals surface area contributed by atoms with E-state index in [4.69, 9.17) is 0 Å². The van der Waals surface area contributed by atoms with Crippen molar-refractivity contribution in [3.8, 4) is 0 Å². The standard InChI is InChI=1S/C12H16FN3O2/c1-3-12(11(17)18)4-5-16(6-12)10-9(13)8(2)14-7-15-10/h7H,3-6H2,1-2H3,(H,17,18). The minimum Gasteiger partial charge on any atom is -0.481 e. The molecule has 6 heteroatoms. The van der Waals surface area contributed by atoms with Crippen molar-refractivity contribution in [2.45, 2.75) is 26.7 Å². The Hall–Kier alpha value is -1.72. The molecule has 98 valence electrons. The molecule has 0 aliphatic carbocycles. The lowest BCUT2D eigenvalue weighted by atomic mass is 9.84. The Morgan fingerprint density at radius 2 is 2.33 bits per heavy atom. The predicted molar refractivity (Wildman–Crippen MR) is 63.9 cm³/mol. The summed E-state index contributed by atoms with van der Waals surface area (Å²) in [6.07, 6.45) is 2.35. The zero-order valence-electron chi connectivity index (χ0n) is 10.5. The molecular formula is C12H16FN3O2. The second kappa shape index (κ2) is 4.51. The van der Waals surface area contributed by atoms with Crippen molar-refractivity contribution in [3.63, 3.8) is 0 Å². The summed E-state index contributed by atoms with van der Waals surface area (Å²) in [5.41, 5.74) is -0.505. The van der Waals surface area contributed by atoms with Crippen molar-refractivity contribution < 1.29 is 14.3 Å². The van der Waals surface area contributed by atoms with Crippen molar-refractivity contribution in [2.75, 3.05) is 18.0 Å². The van der Waals surface area contributed by atoms with E-state index in [0.29, 0.717) is 25.9 Å². The van der Waals surface area contributed by atoms with E-state index in [2.05, 4.69) is 9.97 Å². The van der Waals surface area contributed by atoms with Crippen LogP contribution >= 0.6 is 0 Å². The average Bonchev–Trinajstić information content (AvgIpc) is 2.78. The highest BCUT2D eigenvalue weighted by atomic mass is 19.1. The quantitative estimate of drug-likeness (QED) is 0.886. The molecule has 0 saturated carbocycles. The van der Waals surface area contributed by atoms with Crippen LogP contribution in [-0.2, 0) is 4.79 Å². The molecule has 1 aliphatic heterocycles. The summed E-state index contributed by atoms with van der Waals surface area (Å²) in [7, 11) is 0. The lowest BCUT2D eigenvalue weighted by molar-refractivity contribution is -0.147. The molecule has 2 heterocycles. The fourth-order valence-electron chi connectivity index (χ4n) is 2.33. The number of aryl methyl sites for hydroxylation is 1. The second-order valence-electron chi connectivity index (χ2n) is 4.71. The topological polar surface area (TPSA) is 66.3 Å². The highest BCUT2D eigenvalue weighted by molar-refractivity contribution is 5.76. The van der Waals surface area contributed by atoms with Crippen LogP contribution in [0, 0.1) is 18.2 Å². The van der Waals surface area contributed by atoms with Gasteiger partial charge in [-0.3, -0.25) is 4.79 Å². The van der Waals surface area contributed by atoms with Gasteiger partial charge in [-0.1, -0.05) is 6.92 Å². The first-order valence-electron chi connectivity index (χ1n) is 5.95. The maximum atomic E-state index is 13.9. The predicted octanol–water partition coefficient (Wildman–Crippen LogP) is 1.62. The molecule has 0 spiro atoms. The lowest BCUT2D eigenvalue weighted by Crippen LogP contribution is -2.34. The molecule has 18 heavy (non-hydrogen) atoms. The summed E-state index contributed by atoms with van der Waals surface area (Å²) in [6.45, 7) is 4.22. The van der Waals surface area contributed by atoms with E-state index < -0.39 is 17.2 Å². The van der Waals surface area contributed by atoms with Crippen molar-refractivity contribution in [1.82, 2.24) is 9.97 Å². The smallest absolute Gasteiger partial charge is 0.311 e. The molecular weight excluding hydrogens is 237 g/mol.